The number of para-hydroxylation sites is 1. The summed E-state index contributed by atoms with van der Waals surface area (Å²) >= 11 is 1.42. The van der Waals surface area contributed by atoms with E-state index in [0.29, 0.717) is 18.8 Å². The summed E-state index contributed by atoms with van der Waals surface area (Å²) in [6.07, 6.45) is 3.65. The Morgan fingerprint density at radius 3 is 2.88 bits per heavy atom. The molecule has 0 bridgehead atoms. The van der Waals surface area contributed by atoms with Gasteiger partial charge in [-0.15, -0.1) is 0 Å². The predicted octanol–water partition coefficient (Wildman–Crippen LogP) is 3.28. The van der Waals surface area contributed by atoms with Crippen LogP contribution in [0.3, 0.4) is 0 Å². The Morgan fingerprint density at radius 2 is 2.21 bits per heavy atom. The fourth-order valence-electron chi connectivity index (χ4n) is 2.41. The van der Waals surface area contributed by atoms with E-state index in [1.54, 1.807) is 11.1 Å². The molecular weight excluding hydrogens is 320 g/mol. The van der Waals surface area contributed by atoms with E-state index >= 15 is 0 Å². The Bertz CT molecular complexity index is 735. The van der Waals surface area contributed by atoms with Gasteiger partial charge in [-0.25, -0.2) is 4.98 Å². The molecule has 1 aromatic heterocycles. The van der Waals surface area contributed by atoms with Gasteiger partial charge in [0.2, 0.25) is 5.91 Å². The van der Waals surface area contributed by atoms with E-state index in [4.69, 9.17) is 5.26 Å². The van der Waals surface area contributed by atoms with Crippen LogP contribution in [0.5, 0.6) is 0 Å². The Labute approximate surface area is 147 Å². The average Bonchev–Trinajstić information content (AvgIpc) is 3.06. The van der Waals surface area contributed by atoms with Gasteiger partial charge >= 0.3 is 0 Å². The summed E-state index contributed by atoms with van der Waals surface area (Å²) in [5, 5.41) is 9.72. The van der Waals surface area contributed by atoms with Crippen LogP contribution in [0.1, 0.15) is 19.4 Å². The zero-order chi connectivity index (χ0) is 17.5. The number of hydrogen-bond donors (Lipinski definition) is 0. The summed E-state index contributed by atoms with van der Waals surface area (Å²) in [6.45, 7) is 6.89. The van der Waals surface area contributed by atoms with Crippen LogP contribution < -0.4 is 0 Å². The molecule has 0 aliphatic heterocycles. The first kappa shape index (κ1) is 18.1. The largest absolute Gasteiger partial charge is 0.341 e. The summed E-state index contributed by atoms with van der Waals surface area (Å²) in [7, 11) is 0. The lowest BCUT2D eigenvalue weighted by atomic mass is 10.2. The number of imidazole rings is 1. The van der Waals surface area contributed by atoms with Crippen LogP contribution in [0.4, 0.5) is 0 Å². The van der Waals surface area contributed by atoms with Crippen LogP contribution in [0.2, 0.25) is 0 Å². The van der Waals surface area contributed by atoms with Crippen LogP contribution in [-0.2, 0) is 4.79 Å². The molecule has 0 aliphatic rings. The van der Waals surface area contributed by atoms with Crippen molar-refractivity contribution in [1.29, 1.82) is 5.26 Å². The van der Waals surface area contributed by atoms with Gasteiger partial charge in [0, 0.05) is 25.5 Å². The summed E-state index contributed by atoms with van der Waals surface area (Å²) < 4.78 is 2.00. The molecule has 2 aromatic rings. The molecule has 1 atom stereocenters. The van der Waals surface area contributed by atoms with Crippen molar-refractivity contribution in [2.75, 3.05) is 18.8 Å². The minimum absolute atomic E-state index is 0.0314. The van der Waals surface area contributed by atoms with Gasteiger partial charge < -0.3 is 4.90 Å². The van der Waals surface area contributed by atoms with Crippen molar-refractivity contribution in [3.05, 3.63) is 42.2 Å². The maximum Gasteiger partial charge on any atom is 0.233 e. The average molecular weight is 342 g/mol. The molecule has 24 heavy (non-hydrogen) atoms. The first-order chi connectivity index (χ1) is 11.6. The monoisotopic (exact) mass is 342 g/mol. The third-order valence-electron chi connectivity index (χ3n) is 3.76. The van der Waals surface area contributed by atoms with E-state index in [1.807, 2.05) is 42.8 Å². The summed E-state index contributed by atoms with van der Waals surface area (Å²) in [5.74, 6) is 0.186. The van der Waals surface area contributed by atoms with Gasteiger partial charge in [-0.05, 0) is 32.4 Å². The standard InChI is InChI=1S/C18H22N4OS/c1-4-21(12-14(2)11-19)17(23)13-24-18-20-9-10-22(18)16-8-6-5-7-15(16)3/h5-10,14H,4,12-13H2,1-3H3. The zero-order valence-corrected chi connectivity index (χ0v) is 15.1. The van der Waals surface area contributed by atoms with Crippen molar-refractivity contribution >= 4 is 17.7 Å². The van der Waals surface area contributed by atoms with Gasteiger partial charge in [0.25, 0.3) is 0 Å². The number of aryl methyl sites for hydroxylation is 1. The second-order valence-electron chi connectivity index (χ2n) is 5.62. The third kappa shape index (κ3) is 4.39. The Hall–Kier alpha value is -2.26. The zero-order valence-electron chi connectivity index (χ0n) is 14.3. The highest BCUT2D eigenvalue weighted by Crippen LogP contribution is 2.22. The molecule has 0 fully saturated rings. The van der Waals surface area contributed by atoms with Crippen molar-refractivity contribution in [1.82, 2.24) is 14.5 Å². The lowest BCUT2D eigenvalue weighted by Crippen LogP contribution is -2.35. The van der Waals surface area contributed by atoms with Crippen molar-refractivity contribution in [3.8, 4) is 11.8 Å². The van der Waals surface area contributed by atoms with E-state index in [2.05, 4.69) is 24.0 Å². The SMILES string of the molecule is CCN(CC(C)C#N)C(=O)CSc1nccn1-c1ccccc1C. The van der Waals surface area contributed by atoms with Gasteiger partial charge in [-0.2, -0.15) is 5.26 Å². The molecule has 1 unspecified atom stereocenters. The fraction of sp³-hybridized carbons (Fsp3) is 0.389. The second kappa shape index (κ2) is 8.55. The number of amides is 1. The van der Waals surface area contributed by atoms with Crippen molar-refractivity contribution in [3.63, 3.8) is 0 Å². The third-order valence-corrected chi connectivity index (χ3v) is 4.71. The summed E-state index contributed by atoms with van der Waals surface area (Å²) in [6, 6.07) is 10.3. The van der Waals surface area contributed by atoms with E-state index in [1.165, 1.54) is 11.8 Å². The second-order valence-corrected chi connectivity index (χ2v) is 6.56. The Kier molecular flexibility index (Phi) is 6.44. The molecule has 2 rings (SSSR count). The predicted molar refractivity (Wildman–Crippen MR) is 96.1 cm³/mol. The lowest BCUT2D eigenvalue weighted by molar-refractivity contribution is -0.128. The number of thioether (sulfide) groups is 1. The van der Waals surface area contributed by atoms with Gasteiger partial charge in [-0.1, -0.05) is 30.0 Å². The quantitative estimate of drug-likeness (QED) is 0.725. The Balaban J connectivity index is 2.06. The number of rotatable bonds is 7. The van der Waals surface area contributed by atoms with Crippen LogP contribution in [0, 0.1) is 24.2 Å². The minimum Gasteiger partial charge on any atom is -0.341 e. The lowest BCUT2D eigenvalue weighted by Gasteiger charge is -2.21. The maximum absolute atomic E-state index is 12.4. The molecule has 0 radical (unpaired) electrons. The van der Waals surface area contributed by atoms with E-state index < -0.39 is 0 Å². The van der Waals surface area contributed by atoms with E-state index in [0.717, 1.165) is 16.4 Å². The van der Waals surface area contributed by atoms with Gasteiger partial charge in [0.05, 0.1) is 23.4 Å². The van der Waals surface area contributed by atoms with Gasteiger partial charge in [0.15, 0.2) is 5.16 Å². The molecule has 0 saturated heterocycles. The molecule has 0 N–H and O–H groups in total. The van der Waals surface area contributed by atoms with Crippen LogP contribution in [0.25, 0.3) is 5.69 Å². The highest BCUT2D eigenvalue weighted by molar-refractivity contribution is 7.99. The maximum atomic E-state index is 12.4. The normalized spacial score (nSPS) is 11.8. The molecule has 5 nitrogen and oxygen atoms in total. The molecule has 1 amide bonds. The van der Waals surface area contributed by atoms with Gasteiger partial charge in [0.1, 0.15) is 0 Å². The molecule has 0 saturated carbocycles. The first-order valence-corrected chi connectivity index (χ1v) is 8.95. The number of carbonyl (C=O) groups excluding carboxylic acids is 1. The topological polar surface area (TPSA) is 61.9 Å². The molecular formula is C18H22N4OS. The minimum atomic E-state index is -0.159. The first-order valence-electron chi connectivity index (χ1n) is 7.96. The van der Waals surface area contributed by atoms with Crippen molar-refractivity contribution in [2.45, 2.75) is 25.9 Å². The smallest absolute Gasteiger partial charge is 0.233 e. The van der Waals surface area contributed by atoms with Crippen LogP contribution in [-0.4, -0.2) is 39.2 Å². The number of carbonyl (C=O) groups is 1. The molecule has 0 spiro atoms. The van der Waals surface area contributed by atoms with E-state index in [-0.39, 0.29) is 11.8 Å². The molecule has 1 aromatic carbocycles. The number of nitrogens with zero attached hydrogens (tertiary/aromatic N) is 4. The number of aromatic nitrogens is 2. The van der Waals surface area contributed by atoms with Crippen molar-refractivity contribution < 1.29 is 4.79 Å². The highest BCUT2D eigenvalue weighted by Gasteiger charge is 2.16. The molecule has 6 heteroatoms. The Morgan fingerprint density at radius 1 is 1.46 bits per heavy atom. The molecule has 0 aliphatic carbocycles. The van der Waals surface area contributed by atoms with Gasteiger partial charge in [-0.3, -0.25) is 9.36 Å². The summed E-state index contributed by atoms with van der Waals surface area (Å²) in [4.78, 5) is 18.5. The van der Waals surface area contributed by atoms with E-state index in [9.17, 15) is 4.79 Å². The molecule has 126 valence electrons. The highest BCUT2D eigenvalue weighted by atomic mass is 32.2. The van der Waals surface area contributed by atoms with Crippen LogP contribution in [0.15, 0.2) is 41.8 Å². The fourth-order valence-corrected chi connectivity index (χ4v) is 3.28. The van der Waals surface area contributed by atoms with Crippen LogP contribution >= 0.6 is 11.8 Å². The number of nitriles is 1. The summed E-state index contributed by atoms with van der Waals surface area (Å²) in [5.41, 5.74) is 2.22. The van der Waals surface area contributed by atoms with Crippen molar-refractivity contribution in [2.24, 2.45) is 5.92 Å². The number of benzene rings is 1. The molecule has 1 heterocycles. The number of hydrogen-bond acceptors (Lipinski definition) is 4.